The summed E-state index contributed by atoms with van der Waals surface area (Å²) in [7, 11) is 0. The summed E-state index contributed by atoms with van der Waals surface area (Å²) in [5.41, 5.74) is -0.264. The predicted molar refractivity (Wildman–Crippen MR) is 110 cm³/mol. The summed E-state index contributed by atoms with van der Waals surface area (Å²) >= 11 is 0. The number of fused-ring (bicyclic) bond motifs is 2. The lowest BCUT2D eigenvalue weighted by molar-refractivity contribution is -0.143. The van der Waals surface area contributed by atoms with E-state index >= 15 is 0 Å². The number of amides is 3. The van der Waals surface area contributed by atoms with Gasteiger partial charge in [-0.1, -0.05) is 18.2 Å². The van der Waals surface area contributed by atoms with Crippen LogP contribution in [0.1, 0.15) is 43.2 Å². The molecule has 2 saturated heterocycles. The van der Waals surface area contributed by atoms with Gasteiger partial charge in [0.25, 0.3) is 0 Å². The number of hydrogen-bond donors (Lipinski definition) is 0. The summed E-state index contributed by atoms with van der Waals surface area (Å²) < 4.78 is 14.1. The lowest BCUT2D eigenvalue weighted by Gasteiger charge is -2.32. The van der Waals surface area contributed by atoms with E-state index in [4.69, 9.17) is 0 Å². The molecule has 0 unspecified atom stereocenters. The van der Waals surface area contributed by atoms with E-state index < -0.39 is 17.1 Å². The number of rotatable bonds is 5. The SMILES string of the molecule is O=C1C[C@@](CC(=O)N2C[C@H]3CC[C@H]2C3)(c2cccc(F)c2)C(=O)N1Cc1cccnc1. The number of carbonyl (C=O) groups excluding carboxylic acids is 3. The predicted octanol–water partition coefficient (Wildman–Crippen LogP) is 2.82. The Morgan fingerprint density at radius 2 is 2.06 bits per heavy atom. The molecule has 0 N–H and O–H groups in total. The topological polar surface area (TPSA) is 70.6 Å². The molecule has 0 radical (unpaired) electrons. The van der Waals surface area contributed by atoms with Gasteiger partial charge >= 0.3 is 0 Å². The lowest BCUT2D eigenvalue weighted by Crippen LogP contribution is -2.45. The molecular weight excluding hydrogens is 397 g/mol. The minimum Gasteiger partial charge on any atom is -0.339 e. The van der Waals surface area contributed by atoms with Crippen molar-refractivity contribution in [1.29, 1.82) is 0 Å². The third-order valence-corrected chi connectivity index (χ3v) is 7.03. The van der Waals surface area contributed by atoms with E-state index in [9.17, 15) is 18.8 Å². The highest BCUT2D eigenvalue weighted by Crippen LogP contribution is 2.43. The first-order valence-corrected chi connectivity index (χ1v) is 10.8. The summed E-state index contributed by atoms with van der Waals surface area (Å²) in [4.78, 5) is 47.0. The fraction of sp³-hybridized carbons (Fsp3) is 0.417. The van der Waals surface area contributed by atoms with Gasteiger partial charge in [-0.05, 0) is 54.5 Å². The third-order valence-electron chi connectivity index (χ3n) is 7.03. The number of piperidine rings is 1. The molecule has 2 bridgehead atoms. The largest absolute Gasteiger partial charge is 0.339 e. The minimum absolute atomic E-state index is 0.0885. The van der Waals surface area contributed by atoms with Crippen molar-refractivity contribution in [2.75, 3.05) is 6.54 Å². The number of hydrogen-bond acceptors (Lipinski definition) is 4. The molecule has 31 heavy (non-hydrogen) atoms. The van der Waals surface area contributed by atoms with Crippen LogP contribution in [0.4, 0.5) is 4.39 Å². The van der Waals surface area contributed by atoms with Gasteiger partial charge < -0.3 is 4.90 Å². The molecule has 160 valence electrons. The molecule has 1 aliphatic carbocycles. The Hall–Kier alpha value is -3.09. The number of benzene rings is 1. The second kappa shape index (κ2) is 7.55. The van der Waals surface area contributed by atoms with Crippen molar-refractivity contribution in [3.8, 4) is 0 Å². The van der Waals surface area contributed by atoms with E-state index in [1.807, 2.05) is 4.90 Å². The van der Waals surface area contributed by atoms with Crippen molar-refractivity contribution in [3.63, 3.8) is 0 Å². The average molecular weight is 421 g/mol. The maximum atomic E-state index is 14.1. The first kappa shape index (κ1) is 19.8. The van der Waals surface area contributed by atoms with Crippen LogP contribution in [-0.4, -0.2) is 45.1 Å². The highest BCUT2D eigenvalue weighted by atomic mass is 19.1. The zero-order valence-electron chi connectivity index (χ0n) is 17.2. The standard InChI is InChI=1S/C24H24FN3O3/c25-19-5-1-4-18(10-19)24(11-21(29)27-14-16-6-7-20(27)9-16)12-22(30)28(23(24)31)15-17-3-2-8-26-13-17/h1-5,8,10,13,16,20H,6-7,9,11-12,14-15H2/t16-,20-,24-/m0/s1. The zero-order chi connectivity index (χ0) is 21.6. The highest BCUT2D eigenvalue weighted by molar-refractivity contribution is 6.10. The van der Waals surface area contributed by atoms with Gasteiger partial charge in [-0.3, -0.25) is 24.3 Å². The summed E-state index contributed by atoms with van der Waals surface area (Å²) in [6.45, 7) is 0.801. The Bertz CT molecular complexity index is 1040. The summed E-state index contributed by atoms with van der Waals surface area (Å²) in [6.07, 6.45) is 6.12. The number of carbonyl (C=O) groups is 3. The monoisotopic (exact) mass is 421 g/mol. The van der Waals surface area contributed by atoms with Gasteiger partial charge in [-0.15, -0.1) is 0 Å². The quantitative estimate of drug-likeness (QED) is 0.696. The van der Waals surface area contributed by atoms with Crippen LogP contribution < -0.4 is 0 Å². The van der Waals surface area contributed by atoms with Crippen LogP contribution in [-0.2, 0) is 26.3 Å². The van der Waals surface area contributed by atoms with E-state index in [0.29, 0.717) is 18.0 Å². The first-order valence-electron chi connectivity index (χ1n) is 10.8. The Morgan fingerprint density at radius 3 is 2.74 bits per heavy atom. The molecule has 3 atom stereocenters. The second-order valence-electron chi connectivity index (χ2n) is 8.97. The molecule has 3 heterocycles. The van der Waals surface area contributed by atoms with Crippen LogP contribution in [0.5, 0.6) is 0 Å². The molecule has 1 aromatic heterocycles. The number of likely N-dealkylation sites (tertiary alicyclic amines) is 2. The van der Waals surface area contributed by atoms with Crippen LogP contribution in [0.3, 0.4) is 0 Å². The number of imide groups is 1. The van der Waals surface area contributed by atoms with Gasteiger partial charge in [0.05, 0.1) is 12.0 Å². The summed E-state index contributed by atoms with van der Waals surface area (Å²) in [5, 5.41) is 0. The Kier molecular flexibility index (Phi) is 4.84. The average Bonchev–Trinajstić information content (AvgIpc) is 3.46. The maximum absolute atomic E-state index is 14.1. The molecule has 7 heteroatoms. The Labute approximate surface area is 180 Å². The van der Waals surface area contributed by atoms with Crippen LogP contribution in [0.15, 0.2) is 48.8 Å². The van der Waals surface area contributed by atoms with Crippen molar-refractivity contribution < 1.29 is 18.8 Å². The van der Waals surface area contributed by atoms with Crippen LogP contribution in [0, 0.1) is 11.7 Å². The number of nitrogens with zero attached hydrogens (tertiary/aromatic N) is 3. The lowest BCUT2D eigenvalue weighted by atomic mass is 9.75. The van der Waals surface area contributed by atoms with E-state index in [2.05, 4.69) is 4.98 Å². The molecule has 0 spiro atoms. The molecule has 2 aliphatic heterocycles. The highest BCUT2D eigenvalue weighted by Gasteiger charge is 2.55. The van der Waals surface area contributed by atoms with Gasteiger partial charge in [0, 0.05) is 37.8 Å². The summed E-state index contributed by atoms with van der Waals surface area (Å²) in [6, 6.07) is 9.51. The second-order valence-corrected chi connectivity index (χ2v) is 8.97. The number of halogens is 1. The van der Waals surface area contributed by atoms with E-state index in [1.54, 1.807) is 30.6 Å². The van der Waals surface area contributed by atoms with Crippen molar-refractivity contribution in [1.82, 2.24) is 14.8 Å². The molecule has 6 nitrogen and oxygen atoms in total. The minimum atomic E-state index is -1.37. The molecule has 5 rings (SSSR count). The molecule has 2 aromatic rings. The van der Waals surface area contributed by atoms with Gasteiger partial charge in [0.1, 0.15) is 5.82 Å². The molecule has 3 aliphatic rings. The van der Waals surface area contributed by atoms with Gasteiger partial charge in [-0.2, -0.15) is 0 Å². The fourth-order valence-corrected chi connectivity index (χ4v) is 5.48. The van der Waals surface area contributed by atoms with Crippen molar-refractivity contribution in [3.05, 3.63) is 65.7 Å². The Morgan fingerprint density at radius 1 is 1.19 bits per heavy atom. The van der Waals surface area contributed by atoms with Gasteiger partial charge in [0.15, 0.2) is 0 Å². The van der Waals surface area contributed by atoms with E-state index in [0.717, 1.165) is 24.8 Å². The van der Waals surface area contributed by atoms with Crippen LogP contribution in [0.25, 0.3) is 0 Å². The Balaban J connectivity index is 1.48. The summed E-state index contributed by atoms with van der Waals surface area (Å²) in [5.74, 6) is -0.878. The number of aromatic nitrogens is 1. The van der Waals surface area contributed by atoms with Crippen molar-refractivity contribution in [2.45, 2.75) is 50.1 Å². The first-order chi connectivity index (χ1) is 15.0. The van der Waals surface area contributed by atoms with E-state index in [-0.39, 0.29) is 37.2 Å². The molecule has 1 aromatic carbocycles. The zero-order valence-corrected chi connectivity index (χ0v) is 17.2. The maximum Gasteiger partial charge on any atom is 0.241 e. The molecular formula is C24H24FN3O3. The molecule has 1 saturated carbocycles. The van der Waals surface area contributed by atoms with Gasteiger partial charge in [0.2, 0.25) is 17.7 Å². The third kappa shape index (κ3) is 3.42. The fourth-order valence-electron chi connectivity index (χ4n) is 5.48. The van der Waals surface area contributed by atoms with Gasteiger partial charge in [-0.25, -0.2) is 4.39 Å². The van der Waals surface area contributed by atoms with Crippen LogP contribution >= 0.6 is 0 Å². The molecule has 3 amide bonds. The van der Waals surface area contributed by atoms with Crippen molar-refractivity contribution >= 4 is 17.7 Å². The smallest absolute Gasteiger partial charge is 0.241 e. The van der Waals surface area contributed by atoms with Crippen molar-refractivity contribution in [2.24, 2.45) is 5.92 Å². The van der Waals surface area contributed by atoms with E-state index in [1.165, 1.54) is 23.1 Å². The van der Waals surface area contributed by atoms with Crippen LogP contribution in [0.2, 0.25) is 0 Å². The number of pyridine rings is 1. The normalized spacial score (nSPS) is 27.4. The molecule has 3 fully saturated rings.